The Labute approximate surface area is 94.0 Å². The summed E-state index contributed by atoms with van der Waals surface area (Å²) >= 11 is 0. The van der Waals surface area contributed by atoms with E-state index in [1.54, 1.807) is 0 Å². The molecule has 2 aliphatic rings. The van der Waals surface area contributed by atoms with Crippen LogP contribution in [0, 0.1) is 17.3 Å². The topological polar surface area (TPSA) is 38.0 Å². The predicted molar refractivity (Wildman–Crippen MR) is 64.7 cm³/mol. The summed E-state index contributed by atoms with van der Waals surface area (Å²) in [4.78, 5) is 0. The summed E-state index contributed by atoms with van der Waals surface area (Å²) in [6, 6.07) is 0. The van der Waals surface area contributed by atoms with Crippen LogP contribution in [0.5, 0.6) is 0 Å². The van der Waals surface area contributed by atoms with E-state index in [0.29, 0.717) is 5.92 Å². The highest BCUT2D eigenvalue weighted by atomic mass is 14.9. The molecular weight excluding hydrogens is 184 g/mol. The Hall–Kier alpha value is -0.0800. The maximum Gasteiger partial charge on any atom is 0.00105 e. The lowest BCUT2D eigenvalue weighted by Crippen LogP contribution is -2.26. The first kappa shape index (κ1) is 11.4. The fraction of sp³-hybridized carbons (Fsp3) is 1.00. The maximum atomic E-state index is 5.59. The minimum Gasteiger partial charge on any atom is -0.330 e. The molecule has 0 amide bonds. The van der Waals surface area contributed by atoms with Gasteiger partial charge >= 0.3 is 0 Å². The first-order chi connectivity index (χ1) is 7.27. The van der Waals surface area contributed by atoms with E-state index < -0.39 is 0 Å². The van der Waals surface area contributed by atoms with E-state index in [1.165, 1.54) is 51.6 Å². The molecule has 2 saturated carbocycles. The lowest BCUT2D eigenvalue weighted by molar-refractivity contribution is 0.395. The third-order valence-corrected chi connectivity index (χ3v) is 4.27. The van der Waals surface area contributed by atoms with Gasteiger partial charge in [-0.3, -0.25) is 0 Å². The van der Waals surface area contributed by atoms with Crippen molar-refractivity contribution in [2.75, 3.05) is 19.6 Å². The Morgan fingerprint density at radius 1 is 1.40 bits per heavy atom. The van der Waals surface area contributed by atoms with Crippen LogP contribution in [0.15, 0.2) is 0 Å². The second-order valence-corrected chi connectivity index (χ2v) is 5.80. The van der Waals surface area contributed by atoms with Crippen LogP contribution in [0.25, 0.3) is 0 Å². The molecule has 3 N–H and O–H groups in total. The molecule has 0 aromatic carbocycles. The zero-order valence-electron chi connectivity index (χ0n) is 10.1. The summed E-state index contributed by atoms with van der Waals surface area (Å²) in [5.41, 5.74) is 6.36. The summed E-state index contributed by atoms with van der Waals surface area (Å²) in [6.45, 7) is 5.56. The van der Waals surface area contributed by atoms with Crippen LogP contribution in [0.1, 0.15) is 45.4 Å². The average Bonchev–Trinajstić information content (AvgIpc) is 3.08. The largest absolute Gasteiger partial charge is 0.330 e. The second kappa shape index (κ2) is 4.84. The smallest absolute Gasteiger partial charge is 0.00105 e. The van der Waals surface area contributed by atoms with Gasteiger partial charge in [0.15, 0.2) is 0 Å². The van der Waals surface area contributed by atoms with E-state index in [9.17, 15) is 0 Å². The minimum absolute atomic E-state index is 0.699. The molecule has 0 spiro atoms. The molecule has 1 unspecified atom stereocenters. The molecule has 0 radical (unpaired) electrons. The quantitative estimate of drug-likeness (QED) is 0.602. The van der Waals surface area contributed by atoms with E-state index >= 15 is 0 Å². The molecule has 0 bridgehead atoms. The van der Waals surface area contributed by atoms with Gasteiger partial charge in [0, 0.05) is 6.54 Å². The third-order valence-electron chi connectivity index (χ3n) is 4.27. The summed E-state index contributed by atoms with van der Waals surface area (Å²) in [5.74, 6) is 1.79. The highest BCUT2D eigenvalue weighted by molar-refractivity contribution is 5.04. The number of rotatable bonds is 8. The predicted octanol–water partition coefficient (Wildman–Crippen LogP) is 2.14. The van der Waals surface area contributed by atoms with Crippen molar-refractivity contribution in [1.82, 2.24) is 5.32 Å². The van der Waals surface area contributed by atoms with Gasteiger partial charge in [-0.2, -0.15) is 0 Å². The van der Waals surface area contributed by atoms with Gasteiger partial charge in [0.25, 0.3) is 0 Å². The van der Waals surface area contributed by atoms with Crippen LogP contribution in [0.2, 0.25) is 0 Å². The molecule has 2 aliphatic carbocycles. The monoisotopic (exact) mass is 210 g/mol. The van der Waals surface area contributed by atoms with Crippen molar-refractivity contribution in [2.45, 2.75) is 45.4 Å². The van der Waals surface area contributed by atoms with Gasteiger partial charge in [-0.15, -0.1) is 0 Å². The Bertz CT molecular complexity index is 195. The highest BCUT2D eigenvalue weighted by Gasteiger charge is 2.52. The number of hydrogen-bond donors (Lipinski definition) is 2. The molecule has 2 nitrogen and oxygen atoms in total. The summed E-state index contributed by atoms with van der Waals surface area (Å²) in [7, 11) is 0. The molecule has 15 heavy (non-hydrogen) atoms. The lowest BCUT2D eigenvalue weighted by Gasteiger charge is -2.15. The highest BCUT2D eigenvalue weighted by Crippen LogP contribution is 2.60. The van der Waals surface area contributed by atoms with Crippen molar-refractivity contribution >= 4 is 0 Å². The van der Waals surface area contributed by atoms with Gasteiger partial charge in [0.2, 0.25) is 0 Å². The molecule has 2 rings (SSSR count). The minimum atomic E-state index is 0.699. The van der Waals surface area contributed by atoms with E-state index in [-0.39, 0.29) is 0 Å². The second-order valence-electron chi connectivity index (χ2n) is 5.80. The number of nitrogens with two attached hydrogens (primary N) is 1. The molecule has 0 heterocycles. The Morgan fingerprint density at radius 3 is 2.67 bits per heavy atom. The van der Waals surface area contributed by atoms with Crippen LogP contribution in [-0.4, -0.2) is 19.6 Å². The van der Waals surface area contributed by atoms with Crippen molar-refractivity contribution in [3.63, 3.8) is 0 Å². The first-order valence-electron chi connectivity index (χ1n) is 6.68. The molecule has 2 heteroatoms. The van der Waals surface area contributed by atoms with Crippen molar-refractivity contribution in [3.8, 4) is 0 Å². The molecule has 2 fully saturated rings. The van der Waals surface area contributed by atoms with Crippen LogP contribution in [0.4, 0.5) is 0 Å². The summed E-state index contributed by atoms with van der Waals surface area (Å²) < 4.78 is 0. The molecule has 0 aliphatic heterocycles. The molecule has 88 valence electrons. The molecule has 0 aromatic rings. The third kappa shape index (κ3) is 3.18. The molecule has 0 saturated heterocycles. The van der Waals surface area contributed by atoms with E-state index in [1.807, 2.05) is 0 Å². The molecule has 1 atom stereocenters. The van der Waals surface area contributed by atoms with Gasteiger partial charge in [-0.1, -0.05) is 6.92 Å². The van der Waals surface area contributed by atoms with Crippen LogP contribution in [-0.2, 0) is 0 Å². The first-order valence-corrected chi connectivity index (χ1v) is 6.68. The zero-order valence-corrected chi connectivity index (χ0v) is 10.1. The van der Waals surface area contributed by atoms with Gasteiger partial charge in [0.05, 0.1) is 0 Å². The average molecular weight is 210 g/mol. The lowest BCUT2D eigenvalue weighted by atomic mass is 10.0. The van der Waals surface area contributed by atoms with Crippen LogP contribution >= 0.6 is 0 Å². The molecule has 0 aromatic heterocycles. The van der Waals surface area contributed by atoms with E-state index in [0.717, 1.165) is 17.9 Å². The van der Waals surface area contributed by atoms with Crippen LogP contribution in [0.3, 0.4) is 0 Å². The summed E-state index contributed by atoms with van der Waals surface area (Å²) in [6.07, 6.45) is 8.56. The van der Waals surface area contributed by atoms with Crippen molar-refractivity contribution < 1.29 is 0 Å². The van der Waals surface area contributed by atoms with E-state index in [4.69, 9.17) is 5.73 Å². The zero-order chi connectivity index (χ0) is 10.7. The van der Waals surface area contributed by atoms with Crippen molar-refractivity contribution in [2.24, 2.45) is 23.0 Å². The normalized spacial score (nSPS) is 25.2. The Morgan fingerprint density at radius 2 is 2.13 bits per heavy atom. The van der Waals surface area contributed by atoms with Gasteiger partial charge in [-0.05, 0) is 68.9 Å². The van der Waals surface area contributed by atoms with Crippen LogP contribution < -0.4 is 11.1 Å². The van der Waals surface area contributed by atoms with Crippen molar-refractivity contribution in [1.29, 1.82) is 0 Å². The summed E-state index contributed by atoms with van der Waals surface area (Å²) in [5, 5.41) is 3.65. The molecular formula is C13H26N2. The van der Waals surface area contributed by atoms with Gasteiger partial charge < -0.3 is 11.1 Å². The van der Waals surface area contributed by atoms with E-state index in [2.05, 4.69) is 12.2 Å². The number of hydrogen-bond acceptors (Lipinski definition) is 2. The Balaban J connectivity index is 1.48. The Kier molecular flexibility index (Phi) is 3.68. The fourth-order valence-electron chi connectivity index (χ4n) is 2.62. The maximum absolute atomic E-state index is 5.59. The van der Waals surface area contributed by atoms with Gasteiger partial charge in [0.1, 0.15) is 0 Å². The van der Waals surface area contributed by atoms with Crippen molar-refractivity contribution in [3.05, 3.63) is 0 Å². The number of nitrogens with one attached hydrogen (secondary N) is 1. The standard InChI is InChI=1S/C13H26N2/c1-11(9-14)3-2-8-15-10-13(6-7-13)12-4-5-12/h11-12,15H,2-10,14H2,1H3. The van der Waals surface area contributed by atoms with Gasteiger partial charge in [-0.25, -0.2) is 0 Å². The SMILES string of the molecule is CC(CN)CCCNCC1(C2CC2)CC1. The fourth-order valence-corrected chi connectivity index (χ4v) is 2.62.